The summed E-state index contributed by atoms with van der Waals surface area (Å²) < 4.78 is 7.15. The molecular formula is C57H104N30O12. The van der Waals surface area contributed by atoms with E-state index in [9.17, 15) is 53.7 Å². The van der Waals surface area contributed by atoms with Crippen LogP contribution in [0.3, 0.4) is 0 Å². The van der Waals surface area contributed by atoms with E-state index in [1.54, 1.807) is 0 Å². The number of nitrogens with zero attached hydrogens (tertiary/aromatic N) is 10. The molecule has 3 heterocycles. The number of carbonyl (C=O) groups is 8. The molecule has 0 aromatic carbocycles. The van der Waals surface area contributed by atoms with Gasteiger partial charge in [-0.05, 0) is 89.9 Å². The molecule has 7 amide bonds. The monoisotopic (exact) mass is 1400 g/mol. The van der Waals surface area contributed by atoms with Gasteiger partial charge in [-0.1, -0.05) is 38.5 Å². The molecule has 0 spiro atoms. The Hall–Kier alpha value is -10.4. The number of fused-ring (bicyclic) bond motifs is 1. The SMILES string of the molecule is NC(N)=NCCC[C@@H](NC(=O)[C@@H](CCCN=C(N)N)NC(=O)[C@@H](CCCN=C(N)N)NC(=O)[C@@H](CCCN=C(N)N)NC(=O)[C@@H](CCCN=C(N)N)NC(=O)[C@@H](CCCN=C(N)N)NC(=O)CCCCCCCCCCNC(=O)[C@H]1OC(n2cnc3c(N)ncnc32)[C@H](O)[C@@H]1O)C(=O)O. The van der Waals surface area contributed by atoms with Gasteiger partial charge in [0.25, 0.3) is 5.91 Å². The molecule has 0 bridgehead atoms. The van der Waals surface area contributed by atoms with Gasteiger partial charge in [0, 0.05) is 52.2 Å². The van der Waals surface area contributed by atoms with E-state index >= 15 is 0 Å². The van der Waals surface area contributed by atoms with E-state index in [0.29, 0.717) is 25.8 Å². The molecule has 2 aromatic rings. The van der Waals surface area contributed by atoms with Crippen molar-refractivity contribution in [3.8, 4) is 0 Å². The molecule has 0 aliphatic carbocycles. The summed E-state index contributed by atoms with van der Waals surface area (Å²) >= 11 is 0. The van der Waals surface area contributed by atoms with Crippen molar-refractivity contribution in [2.75, 3.05) is 51.5 Å². The summed E-state index contributed by atoms with van der Waals surface area (Å²) in [6.45, 7) is 0.460. The summed E-state index contributed by atoms with van der Waals surface area (Å²) in [4.78, 5) is 146. The quantitative estimate of drug-likeness (QED) is 0.0166. The second-order valence-corrected chi connectivity index (χ2v) is 23.3. The van der Waals surface area contributed by atoms with E-state index < -0.39 is 108 Å². The van der Waals surface area contributed by atoms with E-state index in [1.165, 1.54) is 17.2 Å². The molecule has 42 heteroatoms. The zero-order chi connectivity index (χ0) is 73.4. The van der Waals surface area contributed by atoms with Gasteiger partial charge in [0.15, 0.2) is 59.6 Å². The maximum absolute atomic E-state index is 14.6. The van der Waals surface area contributed by atoms with Crippen LogP contribution < -0.4 is 112 Å². The minimum atomic E-state index is -1.51. The summed E-state index contributed by atoms with van der Waals surface area (Å²) in [6, 6.07) is -8.39. The molecular weight excluding hydrogens is 1300 g/mol. The van der Waals surface area contributed by atoms with Crippen LogP contribution in [0.1, 0.15) is 141 Å². The molecule has 0 radical (unpaired) electrons. The molecule has 3 rings (SSSR count). The second-order valence-electron chi connectivity index (χ2n) is 23.3. The lowest BCUT2D eigenvalue weighted by Crippen LogP contribution is -2.59. The first-order chi connectivity index (χ1) is 47.1. The predicted molar refractivity (Wildman–Crippen MR) is 369 cm³/mol. The fourth-order valence-corrected chi connectivity index (χ4v) is 10.2. The summed E-state index contributed by atoms with van der Waals surface area (Å²) in [5, 5.41) is 50.0. The van der Waals surface area contributed by atoms with Gasteiger partial charge in [-0.2, -0.15) is 0 Å². The number of anilines is 1. The fourth-order valence-electron chi connectivity index (χ4n) is 10.2. The third-order valence-electron chi connectivity index (χ3n) is 15.3. The molecule has 1 aliphatic rings. The summed E-state index contributed by atoms with van der Waals surface area (Å²) in [7, 11) is 0. The molecule has 1 fully saturated rings. The number of aliphatic imine (C=N–C) groups is 6. The number of aliphatic hydroxyl groups is 2. The third-order valence-corrected chi connectivity index (χ3v) is 15.3. The number of hydrogen-bond donors (Lipinski definition) is 23. The molecule has 0 saturated carbocycles. The normalized spacial score (nSPS) is 16.5. The molecule has 1 unspecified atom stereocenters. The number of aliphatic carboxylic acids is 1. The molecule has 1 aliphatic heterocycles. The van der Waals surface area contributed by atoms with Gasteiger partial charge in [-0.25, -0.2) is 19.7 Å². The van der Waals surface area contributed by atoms with E-state index in [-0.39, 0.29) is 175 Å². The van der Waals surface area contributed by atoms with Crippen LogP contribution in [0, 0.1) is 0 Å². The lowest BCUT2D eigenvalue weighted by Gasteiger charge is -2.27. The number of nitrogens with one attached hydrogen (secondary N) is 7. The first kappa shape index (κ1) is 82.8. The van der Waals surface area contributed by atoms with Crippen LogP contribution in [0.5, 0.6) is 0 Å². The molecule has 2 aromatic heterocycles. The lowest BCUT2D eigenvalue weighted by atomic mass is 10.0. The van der Waals surface area contributed by atoms with Crippen LogP contribution in [0.25, 0.3) is 11.2 Å². The number of aliphatic hydroxyl groups excluding tert-OH is 2. The minimum absolute atomic E-state index is 0.0118. The van der Waals surface area contributed by atoms with Gasteiger partial charge in [-0.3, -0.25) is 68.1 Å². The molecule has 42 nitrogen and oxygen atoms in total. The number of imidazole rings is 1. The predicted octanol–water partition coefficient (Wildman–Crippen LogP) is -8.03. The number of unbranched alkanes of at least 4 members (excludes halogenated alkanes) is 7. The standard InChI is InChI=1S/C57H104N30O12/c58-42-38-43(79-29-78-42)87(30-80-38)50-40(90)39(89)41(99-50)49(96)71-22-8-6-4-2-1-3-5-7-21-37(88)81-31(15-9-23-72-52(59)60)44(91)82-32(16-10-24-73-53(61)62)45(92)83-33(17-11-25-74-54(63)64)46(93)84-34(18-12-26-75-55(65)66)47(94)85-35(19-13-27-76-56(67)68)48(95)86-36(51(97)98)20-14-28-77-57(69)70/h29-36,39-41,50,89-90H,1-28H2,(H,71,96)(H,81,88)(H,82,91)(H,83,92)(H,84,93)(H,85,94)(H,86,95)(H,97,98)(H2,58,78,79)(H4,59,60,72)(H4,61,62,73)(H4,63,64,74)(H4,65,66,75)(H4,67,68,76)(H4,69,70,77)/t31-,32-,33-,34-,35-,36-,39+,40-,41+,50?/m1/s1. The first-order valence-electron chi connectivity index (χ1n) is 32.7. The van der Waals surface area contributed by atoms with Crippen molar-refractivity contribution < 1.29 is 58.4 Å². The van der Waals surface area contributed by atoms with Gasteiger partial charge >= 0.3 is 5.97 Å². The first-order valence-corrected chi connectivity index (χ1v) is 32.7. The Morgan fingerprint density at radius 1 is 0.444 bits per heavy atom. The highest BCUT2D eigenvalue weighted by Crippen LogP contribution is 2.32. The van der Waals surface area contributed by atoms with Crippen LogP contribution in [0.4, 0.5) is 5.82 Å². The Labute approximate surface area is 572 Å². The Morgan fingerprint density at radius 3 is 1.14 bits per heavy atom. The summed E-state index contributed by atoms with van der Waals surface area (Å²) in [6.07, 6.45) is 3.38. The second kappa shape index (κ2) is 45.2. The van der Waals surface area contributed by atoms with Gasteiger partial charge in [0.1, 0.15) is 60.3 Å². The molecule has 1 saturated heterocycles. The minimum Gasteiger partial charge on any atom is -0.480 e. The Morgan fingerprint density at radius 2 is 0.778 bits per heavy atom. The number of hydrogen-bond acceptors (Lipinski definition) is 21. The average molecular weight is 1400 g/mol. The number of aromatic nitrogens is 4. The molecule has 554 valence electrons. The highest BCUT2D eigenvalue weighted by Gasteiger charge is 2.48. The Balaban J connectivity index is 1.73. The number of ether oxygens (including phenoxy) is 1. The molecule has 99 heavy (non-hydrogen) atoms. The summed E-state index contributed by atoms with van der Waals surface area (Å²) in [5.41, 5.74) is 72.7. The Kier molecular flexibility index (Phi) is 37.8. The topological polar surface area (TPSA) is 747 Å². The number of carbonyl (C=O) groups excluding carboxylic acids is 7. The van der Waals surface area contributed by atoms with Crippen LogP contribution in [0.15, 0.2) is 42.6 Å². The number of rotatable bonds is 49. The Bertz CT molecular complexity index is 3080. The number of amides is 7. The lowest BCUT2D eigenvalue weighted by molar-refractivity contribution is -0.142. The number of carboxylic acid groups (broad SMARTS) is 1. The van der Waals surface area contributed by atoms with Crippen molar-refractivity contribution in [3.05, 3.63) is 12.7 Å². The largest absolute Gasteiger partial charge is 0.480 e. The number of nitrogens with two attached hydrogens (primary N) is 13. The maximum atomic E-state index is 14.6. The van der Waals surface area contributed by atoms with Crippen LogP contribution in [0.2, 0.25) is 0 Å². The van der Waals surface area contributed by atoms with Crippen LogP contribution in [-0.2, 0) is 43.1 Å². The van der Waals surface area contributed by atoms with Crippen LogP contribution >= 0.6 is 0 Å². The highest BCUT2D eigenvalue weighted by molar-refractivity contribution is 5.97. The van der Waals surface area contributed by atoms with Gasteiger partial charge in [0.05, 0.1) is 6.33 Å². The van der Waals surface area contributed by atoms with Crippen LogP contribution in [-0.4, -0.2) is 218 Å². The highest BCUT2D eigenvalue weighted by atomic mass is 16.6. The van der Waals surface area contributed by atoms with Crippen molar-refractivity contribution in [3.63, 3.8) is 0 Å². The van der Waals surface area contributed by atoms with E-state index in [0.717, 1.165) is 32.1 Å². The maximum Gasteiger partial charge on any atom is 0.326 e. The zero-order valence-corrected chi connectivity index (χ0v) is 55.7. The smallest absolute Gasteiger partial charge is 0.326 e. The van der Waals surface area contributed by atoms with Crippen molar-refractivity contribution in [2.45, 2.75) is 196 Å². The summed E-state index contributed by atoms with van der Waals surface area (Å²) in [5.74, 6) is -8.09. The zero-order valence-electron chi connectivity index (χ0n) is 55.7. The van der Waals surface area contributed by atoms with Gasteiger partial charge < -0.3 is 132 Å². The third kappa shape index (κ3) is 32.5. The fraction of sp³-hybridized carbons (Fsp3) is 0.667. The van der Waals surface area contributed by atoms with E-state index in [1.807, 2.05) is 0 Å². The molecule has 36 N–H and O–H groups in total. The van der Waals surface area contributed by atoms with Crippen molar-refractivity contribution in [1.82, 2.24) is 56.7 Å². The van der Waals surface area contributed by atoms with Gasteiger partial charge in [0.2, 0.25) is 35.4 Å². The number of nitrogen functional groups attached to an aromatic ring is 1. The number of guanidine groups is 6. The molecule has 10 atom stereocenters. The van der Waals surface area contributed by atoms with Gasteiger partial charge in [-0.15, -0.1) is 0 Å². The van der Waals surface area contributed by atoms with E-state index in [4.69, 9.17) is 79.3 Å². The van der Waals surface area contributed by atoms with Crippen molar-refractivity contribution >= 4 is 100 Å². The van der Waals surface area contributed by atoms with E-state index in [2.05, 4.69) is 82.1 Å². The number of carboxylic acids is 1. The van der Waals surface area contributed by atoms with Crippen molar-refractivity contribution in [2.24, 2.45) is 98.8 Å². The van der Waals surface area contributed by atoms with Crippen molar-refractivity contribution in [1.29, 1.82) is 0 Å². The average Bonchev–Trinajstić information content (AvgIpc) is 1.62.